The monoisotopic (exact) mass is 283 g/mol. The van der Waals surface area contributed by atoms with Crippen molar-refractivity contribution < 1.29 is 8.42 Å². The van der Waals surface area contributed by atoms with E-state index in [1.807, 2.05) is 6.92 Å². The zero-order chi connectivity index (χ0) is 13.7. The molecule has 6 heteroatoms. The first-order chi connectivity index (χ1) is 9.14. The Hall–Kier alpha value is -0.980. The van der Waals surface area contributed by atoms with Gasteiger partial charge in [-0.2, -0.15) is 4.31 Å². The second-order valence-corrected chi connectivity index (χ2v) is 6.78. The molecule has 0 radical (unpaired) electrons. The standard InChI is InChI=1S/C13H21N3O2S/c1-2-9-16(11-12-5-3-8-15-12)19(17,18)13-6-4-7-14-10-13/h4,6-7,10,12,15H,2-3,5,8-9,11H2,1H3. The number of aromatic nitrogens is 1. The third-order valence-corrected chi connectivity index (χ3v) is 5.18. The third-order valence-electron chi connectivity index (χ3n) is 3.33. The highest BCUT2D eigenvalue weighted by atomic mass is 32.2. The quantitative estimate of drug-likeness (QED) is 0.853. The molecule has 0 aromatic carbocycles. The lowest BCUT2D eigenvalue weighted by Crippen LogP contribution is -2.41. The minimum Gasteiger partial charge on any atom is -0.313 e. The third kappa shape index (κ3) is 3.52. The predicted octanol–water partition coefficient (Wildman–Crippen LogP) is 1.23. The number of hydrogen-bond donors (Lipinski definition) is 1. The van der Waals surface area contributed by atoms with Crippen molar-refractivity contribution in [1.82, 2.24) is 14.6 Å². The van der Waals surface area contributed by atoms with Crippen LogP contribution in [0.5, 0.6) is 0 Å². The fourth-order valence-electron chi connectivity index (χ4n) is 2.37. The Morgan fingerprint density at radius 2 is 2.37 bits per heavy atom. The van der Waals surface area contributed by atoms with Crippen molar-refractivity contribution in [3.63, 3.8) is 0 Å². The van der Waals surface area contributed by atoms with E-state index in [1.54, 1.807) is 22.6 Å². The summed E-state index contributed by atoms with van der Waals surface area (Å²) in [6.45, 7) is 4.08. The molecule has 1 atom stereocenters. The van der Waals surface area contributed by atoms with Crippen molar-refractivity contribution >= 4 is 10.0 Å². The van der Waals surface area contributed by atoms with Crippen molar-refractivity contribution in [2.45, 2.75) is 37.1 Å². The average molecular weight is 283 g/mol. The Bertz CT molecular complexity index is 484. The summed E-state index contributed by atoms with van der Waals surface area (Å²) in [6, 6.07) is 3.54. The molecule has 2 heterocycles. The number of pyridine rings is 1. The van der Waals surface area contributed by atoms with E-state index in [9.17, 15) is 8.42 Å². The molecule has 19 heavy (non-hydrogen) atoms. The van der Waals surface area contributed by atoms with Crippen LogP contribution in [-0.4, -0.2) is 43.4 Å². The summed E-state index contributed by atoms with van der Waals surface area (Å²) in [5.74, 6) is 0. The van der Waals surface area contributed by atoms with Gasteiger partial charge in [0.2, 0.25) is 10.0 Å². The molecular weight excluding hydrogens is 262 g/mol. The molecule has 1 N–H and O–H groups in total. The summed E-state index contributed by atoms with van der Waals surface area (Å²) in [5, 5.41) is 3.35. The van der Waals surface area contributed by atoms with Gasteiger partial charge in [0, 0.05) is 31.5 Å². The fourth-order valence-corrected chi connectivity index (χ4v) is 3.91. The van der Waals surface area contributed by atoms with Crippen LogP contribution in [0.3, 0.4) is 0 Å². The lowest BCUT2D eigenvalue weighted by molar-refractivity contribution is 0.369. The van der Waals surface area contributed by atoms with Crippen molar-refractivity contribution in [2.75, 3.05) is 19.6 Å². The lowest BCUT2D eigenvalue weighted by Gasteiger charge is -2.24. The van der Waals surface area contributed by atoms with Crippen molar-refractivity contribution in [3.05, 3.63) is 24.5 Å². The molecule has 1 fully saturated rings. The first kappa shape index (κ1) is 14.4. The van der Waals surface area contributed by atoms with Crippen LogP contribution in [0, 0.1) is 0 Å². The molecule has 0 bridgehead atoms. The van der Waals surface area contributed by atoms with Crippen LogP contribution >= 0.6 is 0 Å². The molecule has 106 valence electrons. The van der Waals surface area contributed by atoms with E-state index in [4.69, 9.17) is 0 Å². The first-order valence-corrected chi connectivity index (χ1v) is 8.22. The molecule has 0 spiro atoms. The van der Waals surface area contributed by atoms with Crippen LogP contribution < -0.4 is 5.32 Å². The van der Waals surface area contributed by atoms with Gasteiger partial charge in [-0.1, -0.05) is 6.92 Å². The highest BCUT2D eigenvalue weighted by Crippen LogP contribution is 2.17. The molecule has 0 aliphatic carbocycles. The van der Waals surface area contributed by atoms with Crippen molar-refractivity contribution in [2.24, 2.45) is 0 Å². The largest absolute Gasteiger partial charge is 0.313 e. The highest BCUT2D eigenvalue weighted by molar-refractivity contribution is 7.89. The van der Waals surface area contributed by atoms with E-state index in [0.29, 0.717) is 13.1 Å². The molecular formula is C13H21N3O2S. The molecule has 1 aromatic heterocycles. The summed E-state index contributed by atoms with van der Waals surface area (Å²) in [5.41, 5.74) is 0. The highest BCUT2D eigenvalue weighted by Gasteiger charge is 2.27. The van der Waals surface area contributed by atoms with E-state index in [1.165, 1.54) is 6.20 Å². The summed E-state index contributed by atoms with van der Waals surface area (Å²) in [7, 11) is -3.42. The van der Waals surface area contributed by atoms with E-state index in [-0.39, 0.29) is 10.9 Å². The van der Waals surface area contributed by atoms with Crippen LogP contribution in [0.25, 0.3) is 0 Å². The maximum absolute atomic E-state index is 12.6. The second kappa shape index (κ2) is 6.45. The minimum atomic E-state index is -3.42. The summed E-state index contributed by atoms with van der Waals surface area (Å²) < 4.78 is 26.7. The van der Waals surface area contributed by atoms with E-state index < -0.39 is 10.0 Å². The Morgan fingerprint density at radius 3 is 2.95 bits per heavy atom. The van der Waals surface area contributed by atoms with Crippen LogP contribution in [0.1, 0.15) is 26.2 Å². The molecule has 1 unspecified atom stereocenters. The molecule has 0 saturated carbocycles. The Labute approximate surface area is 115 Å². The van der Waals surface area contributed by atoms with Crippen molar-refractivity contribution in [3.8, 4) is 0 Å². The van der Waals surface area contributed by atoms with Gasteiger partial charge < -0.3 is 5.32 Å². The summed E-state index contributed by atoms with van der Waals surface area (Å²) >= 11 is 0. The predicted molar refractivity (Wildman–Crippen MR) is 74.3 cm³/mol. The van der Waals surface area contributed by atoms with Crippen LogP contribution in [0.4, 0.5) is 0 Å². The number of rotatable bonds is 6. The van der Waals surface area contributed by atoms with Gasteiger partial charge in [-0.25, -0.2) is 8.42 Å². The van der Waals surface area contributed by atoms with Gasteiger partial charge in [-0.05, 0) is 37.9 Å². The second-order valence-electron chi connectivity index (χ2n) is 4.85. The van der Waals surface area contributed by atoms with Gasteiger partial charge in [0.05, 0.1) is 0 Å². The molecule has 0 amide bonds. The molecule has 1 saturated heterocycles. The topological polar surface area (TPSA) is 62.3 Å². The Balaban J connectivity index is 2.17. The minimum absolute atomic E-state index is 0.276. The van der Waals surface area contributed by atoms with E-state index in [0.717, 1.165) is 25.8 Å². The SMILES string of the molecule is CCCN(CC1CCCN1)S(=O)(=O)c1cccnc1. The van der Waals surface area contributed by atoms with Gasteiger partial charge in [-0.3, -0.25) is 4.98 Å². The zero-order valence-electron chi connectivity index (χ0n) is 11.2. The number of nitrogens with zero attached hydrogens (tertiary/aromatic N) is 2. The van der Waals surface area contributed by atoms with Gasteiger partial charge in [0.15, 0.2) is 0 Å². The Morgan fingerprint density at radius 1 is 1.53 bits per heavy atom. The van der Waals surface area contributed by atoms with Crippen LogP contribution in [0.2, 0.25) is 0 Å². The smallest absolute Gasteiger partial charge is 0.244 e. The van der Waals surface area contributed by atoms with Crippen LogP contribution in [0.15, 0.2) is 29.4 Å². The van der Waals surface area contributed by atoms with E-state index >= 15 is 0 Å². The Kier molecular flexibility index (Phi) is 4.90. The normalized spacial score (nSPS) is 20.0. The van der Waals surface area contributed by atoms with Crippen molar-refractivity contribution in [1.29, 1.82) is 0 Å². The zero-order valence-corrected chi connectivity index (χ0v) is 12.1. The summed E-state index contributed by atoms with van der Waals surface area (Å²) in [4.78, 5) is 4.18. The van der Waals surface area contributed by atoms with E-state index in [2.05, 4.69) is 10.3 Å². The van der Waals surface area contributed by atoms with Gasteiger partial charge in [0.1, 0.15) is 4.90 Å². The maximum atomic E-state index is 12.6. The molecule has 1 aliphatic rings. The number of sulfonamides is 1. The van der Waals surface area contributed by atoms with Gasteiger partial charge >= 0.3 is 0 Å². The molecule has 5 nitrogen and oxygen atoms in total. The maximum Gasteiger partial charge on any atom is 0.244 e. The number of hydrogen-bond acceptors (Lipinski definition) is 4. The van der Waals surface area contributed by atoms with Gasteiger partial charge in [0.25, 0.3) is 0 Å². The molecule has 2 rings (SSSR count). The number of nitrogens with one attached hydrogen (secondary N) is 1. The summed E-state index contributed by atoms with van der Waals surface area (Å²) in [6.07, 6.45) is 5.98. The molecule has 1 aliphatic heterocycles. The fraction of sp³-hybridized carbons (Fsp3) is 0.615. The first-order valence-electron chi connectivity index (χ1n) is 6.78. The molecule has 1 aromatic rings. The van der Waals surface area contributed by atoms with Gasteiger partial charge in [-0.15, -0.1) is 0 Å². The average Bonchev–Trinajstić information content (AvgIpc) is 2.92. The van der Waals surface area contributed by atoms with Crippen LogP contribution in [-0.2, 0) is 10.0 Å². The lowest BCUT2D eigenvalue weighted by atomic mass is 10.2.